The number of aromatic nitrogens is 1. The van der Waals surface area contributed by atoms with Gasteiger partial charge in [0.25, 0.3) is 0 Å². The SMILES string of the molecule is CC(=N[S+]([O-])C(C)(C)C)c1nc(C)cs1. The van der Waals surface area contributed by atoms with Gasteiger partial charge in [-0.1, -0.05) is 4.40 Å². The minimum absolute atomic E-state index is 0.312. The summed E-state index contributed by atoms with van der Waals surface area (Å²) in [7, 11) is 0. The third-order valence-corrected chi connectivity index (χ3v) is 4.23. The lowest BCUT2D eigenvalue weighted by molar-refractivity contribution is 0.561. The monoisotopic (exact) mass is 244 g/mol. The zero-order valence-electron chi connectivity index (χ0n) is 9.70. The fourth-order valence-electron chi connectivity index (χ4n) is 0.820. The molecule has 1 aromatic heterocycles. The Bertz CT molecular complexity index is 366. The summed E-state index contributed by atoms with van der Waals surface area (Å²) in [6.45, 7) is 9.52. The van der Waals surface area contributed by atoms with E-state index in [-0.39, 0.29) is 4.75 Å². The average Bonchev–Trinajstić information content (AvgIpc) is 2.50. The van der Waals surface area contributed by atoms with E-state index in [9.17, 15) is 4.55 Å². The van der Waals surface area contributed by atoms with E-state index >= 15 is 0 Å². The zero-order chi connectivity index (χ0) is 11.6. The van der Waals surface area contributed by atoms with E-state index < -0.39 is 11.4 Å². The van der Waals surface area contributed by atoms with Crippen molar-refractivity contribution in [3.8, 4) is 0 Å². The molecule has 0 saturated carbocycles. The van der Waals surface area contributed by atoms with Crippen molar-refractivity contribution in [2.45, 2.75) is 39.4 Å². The summed E-state index contributed by atoms with van der Waals surface area (Å²) in [5, 5.41) is 2.82. The minimum atomic E-state index is -1.20. The number of rotatable bonds is 2. The molecule has 0 aliphatic heterocycles. The van der Waals surface area contributed by atoms with Gasteiger partial charge in [0.1, 0.15) is 26.8 Å². The number of thiazole rings is 1. The minimum Gasteiger partial charge on any atom is -0.591 e. The van der Waals surface area contributed by atoms with Gasteiger partial charge in [-0.2, -0.15) is 0 Å². The molecule has 0 radical (unpaired) electrons. The first-order valence-corrected chi connectivity index (χ1v) is 6.69. The quantitative estimate of drug-likeness (QED) is 0.593. The van der Waals surface area contributed by atoms with Crippen LogP contribution in [0.5, 0.6) is 0 Å². The van der Waals surface area contributed by atoms with Crippen molar-refractivity contribution >= 4 is 28.4 Å². The predicted octanol–water partition coefficient (Wildman–Crippen LogP) is 2.72. The first-order valence-electron chi connectivity index (χ1n) is 4.70. The van der Waals surface area contributed by atoms with Gasteiger partial charge >= 0.3 is 0 Å². The Morgan fingerprint density at radius 3 is 2.53 bits per heavy atom. The second-order valence-corrected chi connectivity index (χ2v) is 7.10. The van der Waals surface area contributed by atoms with E-state index in [1.165, 1.54) is 11.3 Å². The van der Waals surface area contributed by atoms with Crippen molar-refractivity contribution in [2.24, 2.45) is 4.40 Å². The van der Waals surface area contributed by atoms with Gasteiger partial charge in [-0.05, 0) is 34.6 Å². The summed E-state index contributed by atoms with van der Waals surface area (Å²) >= 11 is 0.330. The van der Waals surface area contributed by atoms with Crippen LogP contribution >= 0.6 is 11.3 Å². The molecule has 0 fully saturated rings. The highest BCUT2D eigenvalue weighted by atomic mass is 32.2. The highest BCUT2D eigenvalue weighted by Gasteiger charge is 2.27. The van der Waals surface area contributed by atoms with Crippen molar-refractivity contribution in [1.82, 2.24) is 4.98 Å². The van der Waals surface area contributed by atoms with Gasteiger partial charge in [-0.15, -0.1) is 11.3 Å². The summed E-state index contributed by atoms with van der Waals surface area (Å²) in [6.07, 6.45) is 0. The lowest BCUT2D eigenvalue weighted by Gasteiger charge is -2.18. The van der Waals surface area contributed by atoms with E-state index in [4.69, 9.17) is 0 Å². The molecule has 1 unspecified atom stereocenters. The molecule has 0 aliphatic carbocycles. The summed E-state index contributed by atoms with van der Waals surface area (Å²) in [5.74, 6) is 0. The Morgan fingerprint density at radius 2 is 2.13 bits per heavy atom. The second-order valence-electron chi connectivity index (χ2n) is 4.33. The topological polar surface area (TPSA) is 48.3 Å². The molecule has 0 aromatic carbocycles. The van der Waals surface area contributed by atoms with Crippen LogP contribution in [0.1, 0.15) is 38.4 Å². The van der Waals surface area contributed by atoms with Crippen LogP contribution in [0, 0.1) is 6.92 Å². The molecule has 0 amide bonds. The van der Waals surface area contributed by atoms with Gasteiger partial charge in [0.2, 0.25) is 0 Å². The fraction of sp³-hybridized carbons (Fsp3) is 0.600. The van der Waals surface area contributed by atoms with Crippen LogP contribution in [0.3, 0.4) is 0 Å². The maximum atomic E-state index is 11.8. The number of hydrogen-bond donors (Lipinski definition) is 0. The van der Waals surface area contributed by atoms with Crippen LogP contribution in [-0.2, 0) is 11.4 Å². The first kappa shape index (κ1) is 12.7. The number of nitrogens with zero attached hydrogens (tertiary/aromatic N) is 2. The Hall–Kier alpha value is -0.390. The average molecular weight is 244 g/mol. The van der Waals surface area contributed by atoms with Gasteiger partial charge in [0, 0.05) is 11.1 Å². The Morgan fingerprint density at radius 1 is 1.53 bits per heavy atom. The van der Waals surface area contributed by atoms with Crippen molar-refractivity contribution in [3.63, 3.8) is 0 Å². The summed E-state index contributed by atoms with van der Waals surface area (Å²) in [4.78, 5) is 4.30. The molecule has 1 rings (SSSR count). The molecule has 1 heterocycles. The molecule has 0 spiro atoms. The highest BCUT2D eigenvalue weighted by Crippen LogP contribution is 2.19. The summed E-state index contributed by atoms with van der Waals surface area (Å²) < 4.78 is 15.6. The molecular formula is C10H16N2OS2. The number of aryl methyl sites for hydroxylation is 1. The molecule has 0 N–H and O–H groups in total. The van der Waals surface area contributed by atoms with Crippen molar-refractivity contribution < 1.29 is 4.55 Å². The third-order valence-electron chi connectivity index (χ3n) is 1.67. The molecule has 5 heteroatoms. The molecular weight excluding hydrogens is 228 g/mol. The van der Waals surface area contributed by atoms with E-state index in [2.05, 4.69) is 9.38 Å². The van der Waals surface area contributed by atoms with Crippen LogP contribution in [0.15, 0.2) is 9.78 Å². The summed E-state index contributed by atoms with van der Waals surface area (Å²) in [5.41, 5.74) is 1.73. The zero-order valence-corrected chi connectivity index (χ0v) is 11.3. The van der Waals surface area contributed by atoms with Crippen LogP contribution < -0.4 is 0 Å². The van der Waals surface area contributed by atoms with Gasteiger partial charge in [-0.25, -0.2) is 4.98 Å². The largest absolute Gasteiger partial charge is 0.591 e. The molecule has 0 bridgehead atoms. The second kappa shape index (κ2) is 4.63. The van der Waals surface area contributed by atoms with E-state index in [1.807, 2.05) is 40.0 Å². The van der Waals surface area contributed by atoms with E-state index in [1.54, 1.807) is 0 Å². The van der Waals surface area contributed by atoms with Crippen molar-refractivity contribution in [2.75, 3.05) is 0 Å². The normalized spacial score (nSPS) is 15.5. The van der Waals surface area contributed by atoms with Crippen LogP contribution in [0.25, 0.3) is 0 Å². The molecule has 0 aliphatic rings. The lowest BCUT2D eigenvalue weighted by Crippen LogP contribution is -2.26. The van der Waals surface area contributed by atoms with Crippen molar-refractivity contribution in [1.29, 1.82) is 0 Å². The van der Waals surface area contributed by atoms with Crippen LogP contribution in [0.2, 0.25) is 0 Å². The Balaban J connectivity index is 2.85. The van der Waals surface area contributed by atoms with Gasteiger partial charge < -0.3 is 4.55 Å². The van der Waals surface area contributed by atoms with Crippen LogP contribution in [-0.4, -0.2) is 20.0 Å². The standard InChI is InChI=1S/C10H16N2OS2/c1-7-6-14-9(11-7)8(2)12-15(13)10(3,4)5/h6H,1-5H3. The summed E-state index contributed by atoms with van der Waals surface area (Å²) in [6, 6.07) is 0. The molecule has 84 valence electrons. The fourth-order valence-corrected chi connectivity index (χ4v) is 2.24. The maximum Gasteiger partial charge on any atom is 0.144 e. The maximum absolute atomic E-state index is 11.8. The van der Waals surface area contributed by atoms with Gasteiger partial charge in [0.05, 0.1) is 0 Å². The molecule has 1 aromatic rings. The van der Waals surface area contributed by atoms with E-state index in [0.717, 1.165) is 16.4 Å². The van der Waals surface area contributed by atoms with Gasteiger partial charge in [0.15, 0.2) is 0 Å². The Kier molecular flexibility index (Phi) is 3.92. The molecule has 15 heavy (non-hydrogen) atoms. The first-order chi connectivity index (χ1) is 6.80. The molecule has 0 saturated heterocycles. The highest BCUT2D eigenvalue weighted by molar-refractivity contribution is 7.91. The van der Waals surface area contributed by atoms with Crippen molar-refractivity contribution in [3.05, 3.63) is 16.1 Å². The number of hydrogen-bond acceptors (Lipinski definition) is 4. The lowest BCUT2D eigenvalue weighted by atomic mass is 10.3. The molecule has 1 atom stereocenters. The van der Waals surface area contributed by atoms with Gasteiger partial charge in [-0.3, -0.25) is 0 Å². The van der Waals surface area contributed by atoms with E-state index in [0.29, 0.717) is 0 Å². The van der Waals surface area contributed by atoms with Crippen LogP contribution in [0.4, 0.5) is 0 Å². The third kappa shape index (κ3) is 3.59. The smallest absolute Gasteiger partial charge is 0.144 e. The molecule has 3 nitrogen and oxygen atoms in total. The Labute approximate surface area is 98.0 Å². The predicted molar refractivity (Wildman–Crippen MR) is 67.0 cm³/mol.